The van der Waals surface area contributed by atoms with E-state index in [1.165, 1.54) is 6.92 Å². The Hall–Kier alpha value is -1.36. The molecule has 5 heteroatoms. The van der Waals surface area contributed by atoms with Gasteiger partial charge in [0.2, 0.25) is 0 Å². The van der Waals surface area contributed by atoms with Crippen molar-refractivity contribution in [3.8, 4) is 0 Å². The predicted octanol–water partition coefficient (Wildman–Crippen LogP) is 0.410. The summed E-state index contributed by atoms with van der Waals surface area (Å²) in [5, 5.41) is 8.53. The average molecular weight is 184 g/mol. The lowest BCUT2D eigenvalue weighted by atomic mass is 10.4. The minimum absolute atomic E-state index is 0.268. The van der Waals surface area contributed by atoms with Crippen molar-refractivity contribution >= 4 is 5.97 Å². The number of imidazole rings is 1. The van der Waals surface area contributed by atoms with E-state index in [2.05, 4.69) is 4.98 Å². The van der Waals surface area contributed by atoms with E-state index in [1.54, 1.807) is 17.1 Å². The number of hydrogen-bond acceptors (Lipinski definition) is 3. The van der Waals surface area contributed by atoms with Crippen LogP contribution in [0.5, 0.6) is 0 Å². The van der Waals surface area contributed by atoms with E-state index < -0.39 is 12.1 Å². The van der Waals surface area contributed by atoms with Gasteiger partial charge >= 0.3 is 5.97 Å². The number of aryl methyl sites for hydroxylation is 1. The fourth-order valence-corrected chi connectivity index (χ4v) is 0.805. The highest BCUT2D eigenvalue weighted by Gasteiger charge is 2.11. The number of carboxylic acid groups (broad SMARTS) is 1. The largest absolute Gasteiger partial charge is 0.479 e. The van der Waals surface area contributed by atoms with Crippen LogP contribution in [0.1, 0.15) is 12.6 Å². The number of ether oxygens (including phenoxy) is 1. The molecule has 0 bridgehead atoms. The maximum absolute atomic E-state index is 10.4. The Labute approximate surface area is 76.0 Å². The van der Waals surface area contributed by atoms with Gasteiger partial charge in [0.25, 0.3) is 0 Å². The van der Waals surface area contributed by atoms with E-state index in [0.29, 0.717) is 0 Å². The maximum atomic E-state index is 10.4. The molecule has 1 atom stereocenters. The van der Waals surface area contributed by atoms with Crippen molar-refractivity contribution in [2.45, 2.75) is 19.6 Å². The number of hydrogen-bond donors (Lipinski definition) is 1. The predicted molar refractivity (Wildman–Crippen MR) is 45.1 cm³/mol. The second-order valence-corrected chi connectivity index (χ2v) is 2.79. The van der Waals surface area contributed by atoms with Gasteiger partial charge in [-0.2, -0.15) is 0 Å². The molecule has 1 N–H and O–H groups in total. The number of carboxylic acids is 1. The van der Waals surface area contributed by atoms with Crippen LogP contribution < -0.4 is 0 Å². The lowest BCUT2D eigenvalue weighted by Crippen LogP contribution is -2.20. The molecule has 0 unspecified atom stereocenters. The standard InChI is InChI=1S/C8H12N2O3/c1-6(8(11)12)13-4-7-3-9-5-10(7)2/h3,5-6H,4H2,1-2H3,(H,11,12)/t6-/m1/s1. The second kappa shape index (κ2) is 4.04. The Morgan fingerprint density at radius 1 is 1.85 bits per heavy atom. The van der Waals surface area contributed by atoms with E-state index in [-0.39, 0.29) is 6.61 Å². The van der Waals surface area contributed by atoms with Gasteiger partial charge in [-0.3, -0.25) is 0 Å². The molecule has 0 amide bonds. The first kappa shape index (κ1) is 9.73. The summed E-state index contributed by atoms with van der Waals surface area (Å²) in [4.78, 5) is 14.3. The van der Waals surface area contributed by atoms with Gasteiger partial charge in [0, 0.05) is 7.05 Å². The van der Waals surface area contributed by atoms with Gasteiger partial charge in [-0.1, -0.05) is 0 Å². The summed E-state index contributed by atoms with van der Waals surface area (Å²) < 4.78 is 6.85. The molecule has 0 fully saturated rings. The summed E-state index contributed by atoms with van der Waals surface area (Å²) in [6, 6.07) is 0. The first-order valence-electron chi connectivity index (χ1n) is 3.91. The maximum Gasteiger partial charge on any atom is 0.332 e. The normalized spacial score (nSPS) is 12.8. The van der Waals surface area contributed by atoms with Crippen molar-refractivity contribution in [1.29, 1.82) is 0 Å². The van der Waals surface area contributed by atoms with Crippen LogP contribution in [-0.4, -0.2) is 26.7 Å². The van der Waals surface area contributed by atoms with E-state index in [9.17, 15) is 4.79 Å². The van der Waals surface area contributed by atoms with Crippen LogP contribution in [0.3, 0.4) is 0 Å². The van der Waals surface area contributed by atoms with Crippen LogP contribution in [0.4, 0.5) is 0 Å². The molecule has 0 aliphatic carbocycles. The molecule has 0 saturated carbocycles. The third-order valence-corrected chi connectivity index (χ3v) is 1.75. The van der Waals surface area contributed by atoms with Crippen molar-refractivity contribution in [3.05, 3.63) is 18.2 Å². The minimum Gasteiger partial charge on any atom is -0.479 e. The molecule has 5 nitrogen and oxygen atoms in total. The van der Waals surface area contributed by atoms with E-state index in [4.69, 9.17) is 9.84 Å². The summed E-state index contributed by atoms with van der Waals surface area (Å²) in [6.07, 6.45) is 2.51. The van der Waals surface area contributed by atoms with Gasteiger partial charge < -0.3 is 14.4 Å². The highest BCUT2D eigenvalue weighted by atomic mass is 16.5. The van der Waals surface area contributed by atoms with Gasteiger partial charge in [-0.05, 0) is 6.92 Å². The number of carbonyl (C=O) groups is 1. The van der Waals surface area contributed by atoms with Gasteiger partial charge in [0.15, 0.2) is 6.10 Å². The zero-order valence-corrected chi connectivity index (χ0v) is 7.60. The lowest BCUT2D eigenvalue weighted by Gasteiger charge is -2.07. The van der Waals surface area contributed by atoms with Gasteiger partial charge in [0.05, 0.1) is 24.8 Å². The molecule has 13 heavy (non-hydrogen) atoms. The Morgan fingerprint density at radius 2 is 2.54 bits per heavy atom. The van der Waals surface area contributed by atoms with E-state index >= 15 is 0 Å². The highest BCUT2D eigenvalue weighted by molar-refractivity contribution is 5.71. The van der Waals surface area contributed by atoms with Crippen molar-refractivity contribution < 1.29 is 14.6 Å². The molecular weight excluding hydrogens is 172 g/mol. The Kier molecular flexibility index (Phi) is 3.02. The van der Waals surface area contributed by atoms with Crippen LogP contribution in [-0.2, 0) is 23.2 Å². The fraction of sp³-hybridized carbons (Fsp3) is 0.500. The molecular formula is C8H12N2O3. The fourth-order valence-electron chi connectivity index (χ4n) is 0.805. The molecule has 0 aliphatic rings. The SMILES string of the molecule is C[C@@H](OCc1cncn1C)C(=O)O. The van der Waals surface area contributed by atoms with Crippen molar-refractivity contribution in [1.82, 2.24) is 9.55 Å². The number of rotatable bonds is 4. The molecule has 1 aromatic heterocycles. The average Bonchev–Trinajstić information content (AvgIpc) is 2.47. The summed E-state index contributed by atoms with van der Waals surface area (Å²) in [7, 11) is 1.83. The first-order valence-corrected chi connectivity index (χ1v) is 3.91. The van der Waals surface area contributed by atoms with Crippen LogP contribution in [0.15, 0.2) is 12.5 Å². The molecule has 0 radical (unpaired) electrons. The Balaban J connectivity index is 2.44. The molecule has 1 rings (SSSR count). The molecule has 0 spiro atoms. The summed E-state index contributed by atoms with van der Waals surface area (Å²) >= 11 is 0. The molecule has 1 aromatic rings. The minimum atomic E-state index is -0.956. The van der Waals surface area contributed by atoms with Crippen LogP contribution >= 0.6 is 0 Å². The lowest BCUT2D eigenvalue weighted by molar-refractivity contribution is -0.150. The molecule has 0 saturated heterocycles. The quantitative estimate of drug-likeness (QED) is 0.736. The zero-order chi connectivity index (χ0) is 9.84. The van der Waals surface area contributed by atoms with Gasteiger partial charge in [0.1, 0.15) is 0 Å². The smallest absolute Gasteiger partial charge is 0.332 e. The van der Waals surface area contributed by atoms with Crippen molar-refractivity contribution in [3.63, 3.8) is 0 Å². The molecule has 0 aromatic carbocycles. The van der Waals surface area contributed by atoms with Crippen LogP contribution in [0, 0.1) is 0 Å². The van der Waals surface area contributed by atoms with Crippen molar-refractivity contribution in [2.75, 3.05) is 0 Å². The van der Waals surface area contributed by atoms with Gasteiger partial charge in [-0.15, -0.1) is 0 Å². The number of aliphatic carboxylic acids is 1. The summed E-state index contributed by atoms with van der Waals surface area (Å²) in [5.41, 5.74) is 0.855. The number of aromatic nitrogens is 2. The Morgan fingerprint density at radius 3 is 3.00 bits per heavy atom. The topological polar surface area (TPSA) is 64.4 Å². The monoisotopic (exact) mass is 184 g/mol. The molecule has 72 valence electrons. The zero-order valence-electron chi connectivity index (χ0n) is 7.60. The first-order chi connectivity index (χ1) is 6.11. The summed E-state index contributed by atoms with van der Waals surface area (Å²) in [6.45, 7) is 1.77. The van der Waals surface area contributed by atoms with E-state index in [0.717, 1.165) is 5.69 Å². The second-order valence-electron chi connectivity index (χ2n) is 2.79. The van der Waals surface area contributed by atoms with Crippen molar-refractivity contribution in [2.24, 2.45) is 7.05 Å². The molecule has 0 aliphatic heterocycles. The third kappa shape index (κ3) is 2.55. The van der Waals surface area contributed by atoms with Crippen LogP contribution in [0.2, 0.25) is 0 Å². The van der Waals surface area contributed by atoms with Crippen LogP contribution in [0.25, 0.3) is 0 Å². The summed E-state index contributed by atoms with van der Waals surface area (Å²) in [5.74, 6) is -0.956. The molecule has 1 heterocycles. The number of nitrogens with zero attached hydrogens (tertiary/aromatic N) is 2. The highest BCUT2D eigenvalue weighted by Crippen LogP contribution is 2.01. The van der Waals surface area contributed by atoms with Gasteiger partial charge in [-0.25, -0.2) is 9.78 Å². The van der Waals surface area contributed by atoms with E-state index in [1.807, 2.05) is 7.05 Å². The Bertz CT molecular complexity index is 295. The third-order valence-electron chi connectivity index (χ3n) is 1.75.